The lowest BCUT2D eigenvalue weighted by Crippen LogP contribution is -2.43. The number of amides is 1. The Bertz CT molecular complexity index is 1190. The summed E-state index contributed by atoms with van der Waals surface area (Å²) in [6.07, 6.45) is 2.56. The molecule has 182 valence electrons. The average molecular weight is 485 g/mol. The summed E-state index contributed by atoms with van der Waals surface area (Å²) in [5, 5.41) is 2.86. The molecule has 1 amide bonds. The van der Waals surface area contributed by atoms with Crippen molar-refractivity contribution in [3.05, 3.63) is 59.7 Å². The van der Waals surface area contributed by atoms with Crippen molar-refractivity contribution in [3.8, 4) is 5.75 Å². The largest absolute Gasteiger partial charge is 0.497 e. The number of fused-ring (bicyclic) bond motifs is 2. The van der Waals surface area contributed by atoms with E-state index in [9.17, 15) is 18.0 Å². The van der Waals surface area contributed by atoms with Crippen LogP contribution >= 0.6 is 0 Å². The Balaban J connectivity index is 1.43. The molecule has 0 aromatic heterocycles. The van der Waals surface area contributed by atoms with E-state index in [0.29, 0.717) is 25.8 Å². The molecule has 0 aliphatic heterocycles. The number of hydrogen-bond donors (Lipinski definition) is 2. The van der Waals surface area contributed by atoms with Gasteiger partial charge >= 0.3 is 0 Å². The number of methoxy groups -OCH3 is 1. The molecule has 0 radical (unpaired) electrons. The van der Waals surface area contributed by atoms with Gasteiger partial charge in [-0.3, -0.25) is 14.3 Å². The highest BCUT2D eigenvalue weighted by atomic mass is 32.2. The van der Waals surface area contributed by atoms with Crippen LogP contribution in [0.25, 0.3) is 0 Å². The monoisotopic (exact) mass is 484 g/mol. The van der Waals surface area contributed by atoms with Crippen LogP contribution in [0.3, 0.4) is 0 Å². The summed E-state index contributed by atoms with van der Waals surface area (Å²) in [7, 11) is -2.25. The first-order valence-corrected chi connectivity index (χ1v) is 13.3. The van der Waals surface area contributed by atoms with Crippen LogP contribution in [0.5, 0.6) is 5.75 Å². The summed E-state index contributed by atoms with van der Waals surface area (Å²) < 4.78 is 34.1. The maximum absolute atomic E-state index is 13.2. The molecule has 2 unspecified atom stereocenters. The number of nitrogens with one attached hydrogen (secondary N) is 2. The molecule has 0 saturated heterocycles. The highest BCUT2D eigenvalue weighted by molar-refractivity contribution is 7.92. The van der Waals surface area contributed by atoms with Gasteiger partial charge in [-0.25, -0.2) is 8.42 Å². The van der Waals surface area contributed by atoms with Crippen molar-refractivity contribution in [1.29, 1.82) is 0 Å². The Hall–Kier alpha value is -2.87. The van der Waals surface area contributed by atoms with Crippen LogP contribution in [0, 0.1) is 16.7 Å². The van der Waals surface area contributed by atoms with Gasteiger partial charge in [0.1, 0.15) is 11.5 Å². The first-order valence-electron chi connectivity index (χ1n) is 11.6. The fraction of sp³-hybridized carbons (Fsp3) is 0.462. The molecule has 0 heterocycles. The molecular formula is C26H32N2O5S. The number of rotatable bonds is 9. The Labute approximate surface area is 201 Å². The van der Waals surface area contributed by atoms with Gasteiger partial charge in [-0.2, -0.15) is 0 Å². The fourth-order valence-corrected chi connectivity index (χ4v) is 7.53. The zero-order valence-corrected chi connectivity index (χ0v) is 20.7. The van der Waals surface area contributed by atoms with E-state index in [-0.39, 0.29) is 40.0 Å². The molecule has 2 aliphatic rings. The van der Waals surface area contributed by atoms with E-state index in [2.05, 4.69) is 10.0 Å². The van der Waals surface area contributed by atoms with E-state index in [4.69, 9.17) is 4.74 Å². The smallest absolute Gasteiger partial charge is 0.253 e. The van der Waals surface area contributed by atoms with E-state index < -0.39 is 15.4 Å². The quantitative estimate of drug-likeness (QED) is 0.564. The number of ether oxygens (including phenoxy) is 1. The molecule has 34 heavy (non-hydrogen) atoms. The first-order chi connectivity index (χ1) is 16.1. The molecule has 2 saturated carbocycles. The van der Waals surface area contributed by atoms with Gasteiger partial charge in [0.25, 0.3) is 5.91 Å². The first kappa shape index (κ1) is 24.3. The SMILES string of the molecule is COc1ccc(CCNC(=O)c2ccccc2NS(=O)(=O)CC23CCC(CC2=O)C3(C)C)cc1. The predicted octanol–water partition coefficient (Wildman–Crippen LogP) is 3.80. The predicted molar refractivity (Wildman–Crippen MR) is 131 cm³/mol. The number of hydrogen-bond acceptors (Lipinski definition) is 5. The number of ketones is 1. The molecule has 2 fully saturated rings. The third kappa shape index (κ3) is 4.43. The normalized spacial score (nSPS) is 23.0. The van der Waals surface area contributed by atoms with Crippen molar-refractivity contribution < 1.29 is 22.7 Å². The zero-order valence-electron chi connectivity index (χ0n) is 19.9. The van der Waals surface area contributed by atoms with Crippen LogP contribution in [-0.2, 0) is 21.2 Å². The number of para-hydroxylation sites is 1. The maximum atomic E-state index is 13.2. The van der Waals surface area contributed by atoms with Crippen LogP contribution in [0.15, 0.2) is 48.5 Å². The van der Waals surface area contributed by atoms with Gasteiger partial charge in [0.05, 0.1) is 29.5 Å². The Morgan fingerprint density at radius 1 is 1.12 bits per heavy atom. The zero-order chi connectivity index (χ0) is 24.6. The highest BCUT2D eigenvalue weighted by Gasteiger charge is 2.65. The van der Waals surface area contributed by atoms with Crippen molar-refractivity contribution >= 4 is 27.4 Å². The van der Waals surface area contributed by atoms with Crippen molar-refractivity contribution in [1.82, 2.24) is 5.32 Å². The minimum Gasteiger partial charge on any atom is -0.497 e. The number of sulfonamides is 1. The second-order valence-corrected chi connectivity index (χ2v) is 11.6. The summed E-state index contributed by atoms with van der Waals surface area (Å²) in [5.41, 5.74) is 0.308. The lowest BCUT2D eigenvalue weighted by atomic mass is 9.70. The second-order valence-electron chi connectivity index (χ2n) is 9.93. The van der Waals surface area contributed by atoms with Gasteiger partial charge in [-0.15, -0.1) is 0 Å². The standard InChI is InChI=1S/C26H32N2O5S/c1-25(2)19-12-14-26(25,23(29)16-19)17-34(31,32)28-22-7-5-4-6-21(22)24(30)27-15-13-18-8-10-20(33-3)11-9-18/h4-11,19,28H,12-17H2,1-3H3,(H,27,30). The summed E-state index contributed by atoms with van der Waals surface area (Å²) in [4.78, 5) is 25.6. The number of carbonyl (C=O) groups is 2. The van der Waals surface area contributed by atoms with Gasteiger partial charge in [-0.05, 0) is 60.4 Å². The van der Waals surface area contributed by atoms with E-state index in [1.807, 2.05) is 38.1 Å². The molecule has 7 nitrogen and oxygen atoms in total. The fourth-order valence-electron chi connectivity index (χ4n) is 5.61. The van der Waals surface area contributed by atoms with E-state index in [1.54, 1.807) is 31.4 Å². The van der Waals surface area contributed by atoms with Crippen LogP contribution < -0.4 is 14.8 Å². The van der Waals surface area contributed by atoms with Crippen LogP contribution in [0.4, 0.5) is 5.69 Å². The van der Waals surface area contributed by atoms with Crippen LogP contribution in [0.1, 0.15) is 49.0 Å². The van der Waals surface area contributed by atoms with Crippen molar-refractivity contribution in [2.45, 2.75) is 39.5 Å². The summed E-state index contributed by atoms with van der Waals surface area (Å²) >= 11 is 0. The molecule has 2 N–H and O–H groups in total. The third-order valence-corrected chi connectivity index (χ3v) is 9.27. The number of carbonyl (C=O) groups excluding carboxylic acids is 2. The number of Topliss-reactive ketones (excluding diaryl/α,β-unsaturated/α-hetero) is 1. The minimum absolute atomic E-state index is 0.0451. The van der Waals surface area contributed by atoms with Gasteiger partial charge in [0.2, 0.25) is 10.0 Å². The molecule has 2 aliphatic carbocycles. The number of anilines is 1. The van der Waals surface area contributed by atoms with Gasteiger partial charge in [-0.1, -0.05) is 38.1 Å². The molecule has 8 heteroatoms. The van der Waals surface area contributed by atoms with Crippen LogP contribution in [-0.4, -0.2) is 39.5 Å². The molecule has 2 bridgehead atoms. The van der Waals surface area contributed by atoms with Crippen molar-refractivity contribution in [2.24, 2.45) is 16.7 Å². The Morgan fingerprint density at radius 3 is 2.44 bits per heavy atom. The van der Waals surface area contributed by atoms with Crippen molar-refractivity contribution in [2.75, 3.05) is 24.1 Å². The van der Waals surface area contributed by atoms with Crippen LogP contribution in [0.2, 0.25) is 0 Å². The summed E-state index contributed by atoms with van der Waals surface area (Å²) in [6, 6.07) is 14.1. The maximum Gasteiger partial charge on any atom is 0.253 e. The summed E-state index contributed by atoms with van der Waals surface area (Å²) in [5.74, 6) is 0.436. The highest BCUT2D eigenvalue weighted by Crippen LogP contribution is 2.64. The lowest BCUT2D eigenvalue weighted by Gasteiger charge is -2.36. The third-order valence-electron chi connectivity index (χ3n) is 7.87. The Morgan fingerprint density at radius 2 is 1.82 bits per heavy atom. The van der Waals surface area contributed by atoms with E-state index >= 15 is 0 Å². The second kappa shape index (κ2) is 9.06. The molecule has 2 aromatic rings. The lowest BCUT2D eigenvalue weighted by molar-refractivity contribution is -0.128. The average Bonchev–Trinajstić information content (AvgIpc) is 3.13. The van der Waals surface area contributed by atoms with Gasteiger partial charge in [0.15, 0.2) is 0 Å². The molecule has 4 rings (SSSR count). The number of benzene rings is 2. The van der Waals surface area contributed by atoms with Gasteiger partial charge in [0, 0.05) is 13.0 Å². The topological polar surface area (TPSA) is 102 Å². The van der Waals surface area contributed by atoms with E-state index in [1.165, 1.54) is 0 Å². The summed E-state index contributed by atoms with van der Waals surface area (Å²) in [6.45, 7) is 4.42. The van der Waals surface area contributed by atoms with Crippen molar-refractivity contribution in [3.63, 3.8) is 0 Å². The molecule has 2 atom stereocenters. The minimum atomic E-state index is -3.85. The molecular weight excluding hydrogens is 452 g/mol. The van der Waals surface area contributed by atoms with E-state index in [0.717, 1.165) is 17.7 Å². The Kier molecular flexibility index (Phi) is 6.46. The molecule has 0 spiro atoms. The molecule has 2 aromatic carbocycles. The van der Waals surface area contributed by atoms with Gasteiger partial charge < -0.3 is 10.1 Å².